The summed E-state index contributed by atoms with van der Waals surface area (Å²) in [4.78, 5) is 21.9. The first kappa shape index (κ1) is 15.4. The fourth-order valence-electron chi connectivity index (χ4n) is 2.58. The van der Waals surface area contributed by atoms with Crippen LogP contribution in [0.15, 0.2) is 79.1 Å². The number of aromatic nitrogens is 2. The maximum Gasteiger partial charge on any atom is 0.196 e. The third-order valence-corrected chi connectivity index (χ3v) is 4.87. The van der Waals surface area contributed by atoms with Crippen LogP contribution in [0.4, 0.5) is 0 Å². The Morgan fingerprint density at radius 2 is 1.72 bits per heavy atom. The molecule has 0 fully saturated rings. The lowest BCUT2D eigenvalue weighted by atomic mass is 10.0. The lowest BCUT2D eigenvalue weighted by Crippen LogP contribution is -2.02. The Kier molecular flexibility index (Phi) is 4.19. The third-order valence-electron chi connectivity index (χ3n) is 3.80. The molecule has 0 aliphatic carbocycles. The van der Waals surface area contributed by atoms with Gasteiger partial charge in [-0.1, -0.05) is 48.5 Å². The third kappa shape index (κ3) is 3.25. The van der Waals surface area contributed by atoms with E-state index in [-0.39, 0.29) is 5.78 Å². The normalized spacial score (nSPS) is 11.6. The van der Waals surface area contributed by atoms with Gasteiger partial charge in [0.25, 0.3) is 0 Å². The second-order valence-electron chi connectivity index (χ2n) is 5.53. The summed E-state index contributed by atoms with van der Waals surface area (Å²) in [7, 11) is 0. The van der Waals surface area contributed by atoms with E-state index in [1.165, 1.54) is 11.3 Å². The average Bonchev–Trinajstić information content (AvgIpc) is 3.11. The van der Waals surface area contributed by atoms with Gasteiger partial charge >= 0.3 is 0 Å². The number of carbonyl (C=O) groups excluding carboxylic acids is 1. The highest BCUT2D eigenvalue weighted by atomic mass is 32.1. The van der Waals surface area contributed by atoms with Crippen molar-refractivity contribution < 1.29 is 4.79 Å². The molecule has 4 rings (SSSR count). The smallest absolute Gasteiger partial charge is 0.196 e. The second kappa shape index (κ2) is 6.79. The zero-order valence-electron chi connectivity index (χ0n) is 13.3. The summed E-state index contributed by atoms with van der Waals surface area (Å²) in [6.45, 7) is 0. The first-order chi connectivity index (χ1) is 12.3. The highest BCUT2D eigenvalue weighted by Crippen LogP contribution is 2.30. The molecule has 0 aliphatic rings. The molecule has 0 atom stereocenters. The Balaban J connectivity index is 1.86. The molecule has 0 unspecified atom stereocenters. The van der Waals surface area contributed by atoms with Crippen LogP contribution < -0.4 is 0 Å². The number of benzene rings is 2. The molecule has 0 aliphatic heterocycles. The number of hydrogen-bond donors (Lipinski definition) is 0. The van der Waals surface area contributed by atoms with E-state index >= 15 is 0 Å². The summed E-state index contributed by atoms with van der Waals surface area (Å²) in [5.74, 6) is -0.0384. The van der Waals surface area contributed by atoms with Crippen LogP contribution in [0.1, 0.15) is 20.9 Å². The molecule has 0 bridgehead atoms. The summed E-state index contributed by atoms with van der Waals surface area (Å²) in [5, 5.41) is 0.721. The van der Waals surface area contributed by atoms with Gasteiger partial charge in [-0.05, 0) is 29.8 Å². The van der Waals surface area contributed by atoms with E-state index in [9.17, 15) is 4.79 Å². The van der Waals surface area contributed by atoms with Crippen LogP contribution >= 0.6 is 11.3 Å². The van der Waals surface area contributed by atoms with E-state index < -0.39 is 0 Å². The number of allylic oxidation sites excluding steroid dienone is 1. The van der Waals surface area contributed by atoms with Gasteiger partial charge in [-0.25, -0.2) is 4.98 Å². The van der Waals surface area contributed by atoms with E-state index in [1.807, 2.05) is 72.8 Å². The number of para-hydroxylation sites is 1. The van der Waals surface area contributed by atoms with Crippen LogP contribution in [0.5, 0.6) is 0 Å². The Morgan fingerprint density at radius 1 is 0.920 bits per heavy atom. The van der Waals surface area contributed by atoms with Crippen molar-refractivity contribution in [2.24, 2.45) is 0 Å². The van der Waals surface area contributed by atoms with Crippen molar-refractivity contribution in [1.29, 1.82) is 0 Å². The molecule has 4 aromatic rings. The average molecular weight is 342 g/mol. The van der Waals surface area contributed by atoms with Crippen molar-refractivity contribution in [1.82, 2.24) is 9.97 Å². The van der Waals surface area contributed by atoms with E-state index in [2.05, 4.69) is 9.97 Å². The summed E-state index contributed by atoms with van der Waals surface area (Å²) in [6, 6.07) is 21.0. The largest absolute Gasteiger partial charge is 0.288 e. The Morgan fingerprint density at radius 3 is 2.48 bits per heavy atom. The highest BCUT2D eigenvalue weighted by molar-refractivity contribution is 7.20. The van der Waals surface area contributed by atoms with Gasteiger partial charge in [0.15, 0.2) is 5.78 Å². The van der Waals surface area contributed by atoms with Crippen LogP contribution in [-0.2, 0) is 0 Å². The molecule has 25 heavy (non-hydrogen) atoms. The van der Waals surface area contributed by atoms with Crippen LogP contribution in [-0.4, -0.2) is 15.8 Å². The maximum atomic E-state index is 13.1. The minimum absolute atomic E-state index is 0.0384. The van der Waals surface area contributed by atoms with Crippen molar-refractivity contribution in [2.75, 3.05) is 0 Å². The fourth-order valence-corrected chi connectivity index (χ4v) is 3.56. The van der Waals surface area contributed by atoms with Gasteiger partial charge in [-0.2, -0.15) is 0 Å². The van der Waals surface area contributed by atoms with Crippen LogP contribution in [0.2, 0.25) is 0 Å². The number of pyridine rings is 1. The maximum absolute atomic E-state index is 13.1. The van der Waals surface area contributed by atoms with E-state index in [4.69, 9.17) is 0 Å². The summed E-state index contributed by atoms with van der Waals surface area (Å²) < 4.78 is 1.07. The van der Waals surface area contributed by atoms with Gasteiger partial charge in [-0.3, -0.25) is 9.78 Å². The van der Waals surface area contributed by atoms with Crippen LogP contribution in [0.3, 0.4) is 0 Å². The van der Waals surface area contributed by atoms with Crippen molar-refractivity contribution in [3.8, 4) is 0 Å². The molecule has 2 heterocycles. The van der Waals surface area contributed by atoms with Crippen LogP contribution in [0.25, 0.3) is 21.9 Å². The van der Waals surface area contributed by atoms with Crippen molar-refractivity contribution in [3.63, 3.8) is 0 Å². The number of rotatable bonds is 4. The molecule has 0 saturated heterocycles. The molecule has 0 N–H and O–H groups in total. The highest BCUT2D eigenvalue weighted by Gasteiger charge is 2.18. The predicted octanol–water partition coefficient (Wildman–Crippen LogP) is 5.11. The van der Waals surface area contributed by atoms with E-state index in [0.29, 0.717) is 11.1 Å². The first-order valence-corrected chi connectivity index (χ1v) is 8.70. The standard InChI is InChI=1S/C21H14N2OS/c24-20(16-8-2-1-3-9-16)17(13-15-7-6-12-22-14-15)21-23-18-10-4-5-11-19(18)25-21/h1-14H. The molecule has 0 spiro atoms. The molecule has 0 amide bonds. The van der Waals surface area contributed by atoms with Gasteiger partial charge in [0, 0.05) is 18.0 Å². The number of carbonyl (C=O) groups is 1. The minimum atomic E-state index is -0.0384. The monoisotopic (exact) mass is 342 g/mol. The lowest BCUT2D eigenvalue weighted by molar-refractivity contribution is 0.105. The van der Waals surface area contributed by atoms with Crippen molar-refractivity contribution >= 4 is 39.0 Å². The second-order valence-corrected chi connectivity index (χ2v) is 6.56. The summed E-state index contributed by atoms with van der Waals surface area (Å²) in [6.07, 6.45) is 5.32. The zero-order valence-corrected chi connectivity index (χ0v) is 14.1. The summed E-state index contributed by atoms with van der Waals surface area (Å²) >= 11 is 1.53. The van der Waals surface area contributed by atoms with Crippen molar-refractivity contribution in [3.05, 3.63) is 95.3 Å². The molecule has 3 nitrogen and oxygen atoms in total. The fraction of sp³-hybridized carbons (Fsp3) is 0. The van der Waals surface area contributed by atoms with Gasteiger partial charge in [0.1, 0.15) is 5.01 Å². The number of nitrogens with zero attached hydrogens (tertiary/aromatic N) is 2. The van der Waals surface area contributed by atoms with Gasteiger partial charge in [0.05, 0.1) is 15.8 Å². The molecule has 2 aromatic heterocycles. The Hall–Kier alpha value is -3.11. The molecule has 0 radical (unpaired) electrons. The van der Waals surface area contributed by atoms with Gasteiger partial charge in [0.2, 0.25) is 0 Å². The molecule has 0 saturated carbocycles. The number of hydrogen-bond acceptors (Lipinski definition) is 4. The number of fused-ring (bicyclic) bond motifs is 1. The molecular formula is C21H14N2OS. The number of Topliss-reactive ketones (excluding diaryl/α,β-unsaturated/α-hetero) is 1. The molecular weight excluding hydrogens is 328 g/mol. The lowest BCUT2D eigenvalue weighted by Gasteiger charge is -2.04. The predicted molar refractivity (Wildman–Crippen MR) is 103 cm³/mol. The zero-order chi connectivity index (χ0) is 17.1. The Labute approximate surface area is 149 Å². The number of thiazole rings is 1. The van der Waals surface area contributed by atoms with Crippen molar-refractivity contribution in [2.45, 2.75) is 0 Å². The quantitative estimate of drug-likeness (QED) is 0.382. The molecule has 120 valence electrons. The van der Waals surface area contributed by atoms with E-state index in [1.54, 1.807) is 12.4 Å². The van der Waals surface area contributed by atoms with Gasteiger partial charge in [-0.15, -0.1) is 11.3 Å². The molecule has 4 heteroatoms. The SMILES string of the molecule is O=C(C(=Cc1cccnc1)c1nc2ccccc2s1)c1ccccc1. The van der Waals surface area contributed by atoms with Gasteiger partial charge < -0.3 is 0 Å². The molecule has 2 aromatic carbocycles. The summed E-state index contributed by atoms with van der Waals surface area (Å²) in [5.41, 5.74) is 3.01. The first-order valence-electron chi connectivity index (χ1n) is 7.89. The van der Waals surface area contributed by atoms with E-state index in [0.717, 1.165) is 20.8 Å². The number of ketones is 1. The topological polar surface area (TPSA) is 42.9 Å². The Bertz CT molecular complexity index is 1020. The minimum Gasteiger partial charge on any atom is -0.288 e. The van der Waals surface area contributed by atoms with Crippen LogP contribution in [0, 0.1) is 0 Å².